The zero-order valence-electron chi connectivity index (χ0n) is 13.5. The quantitative estimate of drug-likeness (QED) is 0.753. The summed E-state index contributed by atoms with van der Waals surface area (Å²) in [5, 5.41) is 2.84. The van der Waals surface area contributed by atoms with E-state index in [-0.39, 0.29) is 24.0 Å². The van der Waals surface area contributed by atoms with Crippen LogP contribution >= 0.6 is 0 Å². The van der Waals surface area contributed by atoms with Gasteiger partial charge in [-0.2, -0.15) is 0 Å². The van der Waals surface area contributed by atoms with Crippen molar-refractivity contribution in [3.05, 3.63) is 35.9 Å². The molecule has 0 aromatic heterocycles. The fraction of sp³-hybridized carbons (Fsp3) is 0.562. The second-order valence-corrected chi connectivity index (χ2v) is 8.29. The predicted octanol–water partition coefficient (Wildman–Crippen LogP) is 1.30. The highest BCUT2D eigenvalue weighted by atomic mass is 32.2. The predicted molar refractivity (Wildman–Crippen MR) is 89.3 cm³/mol. The third-order valence-electron chi connectivity index (χ3n) is 3.67. The van der Waals surface area contributed by atoms with Gasteiger partial charge in [-0.1, -0.05) is 44.2 Å². The van der Waals surface area contributed by atoms with Crippen molar-refractivity contribution in [2.24, 2.45) is 11.7 Å². The van der Waals surface area contributed by atoms with E-state index in [0.717, 1.165) is 6.26 Å². The molecule has 3 N–H and O–H groups in total. The van der Waals surface area contributed by atoms with Gasteiger partial charge in [0, 0.05) is 18.7 Å². The van der Waals surface area contributed by atoms with Crippen LogP contribution in [0.1, 0.15) is 31.7 Å². The first-order valence-corrected chi connectivity index (χ1v) is 9.52. The lowest BCUT2D eigenvalue weighted by molar-refractivity contribution is -0.122. The van der Waals surface area contributed by atoms with E-state index in [4.69, 9.17) is 5.73 Å². The first kappa shape index (κ1) is 18.6. The number of hydrogen-bond acceptors (Lipinski definition) is 4. The van der Waals surface area contributed by atoms with Crippen LogP contribution in [-0.2, 0) is 14.6 Å². The Bertz CT molecular complexity index is 570. The van der Waals surface area contributed by atoms with E-state index in [2.05, 4.69) is 19.2 Å². The Morgan fingerprint density at radius 2 is 1.82 bits per heavy atom. The third kappa shape index (κ3) is 6.58. The number of sulfone groups is 1. The molecular formula is C16H26N2O3S. The van der Waals surface area contributed by atoms with Gasteiger partial charge in [-0.05, 0) is 17.9 Å². The Labute approximate surface area is 133 Å². The van der Waals surface area contributed by atoms with Crippen LogP contribution in [0.2, 0.25) is 0 Å². The van der Waals surface area contributed by atoms with Crippen molar-refractivity contribution in [3.63, 3.8) is 0 Å². The number of hydrogen-bond donors (Lipinski definition) is 2. The van der Waals surface area contributed by atoms with Gasteiger partial charge >= 0.3 is 0 Å². The molecule has 0 radical (unpaired) electrons. The van der Waals surface area contributed by atoms with Crippen molar-refractivity contribution in [2.45, 2.75) is 32.2 Å². The minimum Gasteiger partial charge on any atom is -0.354 e. The van der Waals surface area contributed by atoms with E-state index in [9.17, 15) is 13.2 Å². The highest BCUT2D eigenvalue weighted by Crippen LogP contribution is 2.23. The van der Waals surface area contributed by atoms with E-state index in [1.54, 1.807) is 0 Å². The number of nitrogens with one attached hydrogen (secondary N) is 1. The topological polar surface area (TPSA) is 89.3 Å². The van der Waals surface area contributed by atoms with Crippen molar-refractivity contribution >= 4 is 15.7 Å². The largest absolute Gasteiger partial charge is 0.354 e. The van der Waals surface area contributed by atoms with Crippen LogP contribution < -0.4 is 11.1 Å². The molecule has 0 aliphatic rings. The number of benzene rings is 1. The van der Waals surface area contributed by atoms with E-state index in [1.165, 1.54) is 5.56 Å². The number of carbonyl (C=O) groups excluding carboxylic acids is 1. The van der Waals surface area contributed by atoms with Crippen LogP contribution in [0.25, 0.3) is 0 Å². The lowest BCUT2D eigenvalue weighted by Gasteiger charge is -2.23. The van der Waals surface area contributed by atoms with Gasteiger partial charge in [0.25, 0.3) is 0 Å². The van der Waals surface area contributed by atoms with Gasteiger partial charge in [0.1, 0.15) is 9.84 Å². The summed E-state index contributed by atoms with van der Waals surface area (Å²) in [5.74, 6) is 0.195. The van der Waals surface area contributed by atoms with Crippen LogP contribution in [-0.4, -0.2) is 38.9 Å². The second-order valence-electron chi connectivity index (χ2n) is 6.03. The Hall–Kier alpha value is -1.40. The minimum absolute atomic E-state index is 0.0755. The van der Waals surface area contributed by atoms with Gasteiger partial charge in [-0.25, -0.2) is 8.42 Å². The molecule has 1 amide bonds. The maximum atomic E-state index is 12.0. The average molecular weight is 326 g/mol. The SMILES string of the molecule is CC(C)C(CNC(=O)C(N)CCS(C)(=O)=O)c1ccccc1. The molecule has 1 aromatic rings. The van der Waals surface area contributed by atoms with Gasteiger partial charge in [0.15, 0.2) is 0 Å². The molecule has 0 heterocycles. The zero-order valence-corrected chi connectivity index (χ0v) is 14.3. The van der Waals surface area contributed by atoms with Crippen LogP contribution in [0.4, 0.5) is 0 Å². The molecule has 0 spiro atoms. The van der Waals surface area contributed by atoms with Crippen LogP contribution in [0.5, 0.6) is 0 Å². The monoisotopic (exact) mass is 326 g/mol. The van der Waals surface area contributed by atoms with Crippen molar-refractivity contribution in [1.82, 2.24) is 5.32 Å². The van der Waals surface area contributed by atoms with Gasteiger partial charge in [0.05, 0.1) is 11.8 Å². The second kappa shape index (κ2) is 8.29. The standard InChI is InChI=1S/C16H26N2O3S/c1-12(2)14(13-7-5-4-6-8-13)11-18-16(19)15(17)9-10-22(3,20)21/h4-8,12,14-15H,9-11,17H2,1-3H3,(H,18,19). The lowest BCUT2D eigenvalue weighted by atomic mass is 9.88. The molecule has 2 unspecified atom stereocenters. The smallest absolute Gasteiger partial charge is 0.236 e. The number of carbonyl (C=O) groups is 1. The van der Waals surface area contributed by atoms with Gasteiger partial charge in [0.2, 0.25) is 5.91 Å². The average Bonchev–Trinajstić information content (AvgIpc) is 2.44. The van der Waals surface area contributed by atoms with Crippen molar-refractivity contribution in [2.75, 3.05) is 18.6 Å². The van der Waals surface area contributed by atoms with E-state index < -0.39 is 15.9 Å². The third-order valence-corrected chi connectivity index (χ3v) is 4.64. The van der Waals surface area contributed by atoms with Crippen molar-refractivity contribution in [3.8, 4) is 0 Å². The van der Waals surface area contributed by atoms with E-state index in [0.29, 0.717) is 12.5 Å². The summed E-state index contributed by atoms with van der Waals surface area (Å²) in [6.07, 6.45) is 1.28. The molecule has 0 fully saturated rings. The molecule has 1 rings (SSSR count). The maximum absolute atomic E-state index is 12.0. The lowest BCUT2D eigenvalue weighted by Crippen LogP contribution is -2.43. The van der Waals surface area contributed by atoms with Gasteiger partial charge < -0.3 is 11.1 Å². The molecule has 0 saturated heterocycles. The normalized spacial score (nSPS) is 14.6. The molecule has 1 aromatic carbocycles. The molecule has 0 aliphatic carbocycles. The Balaban J connectivity index is 2.56. The summed E-state index contributed by atoms with van der Waals surface area (Å²) in [6.45, 7) is 4.70. The van der Waals surface area contributed by atoms with E-state index in [1.807, 2.05) is 30.3 Å². The fourth-order valence-electron chi connectivity index (χ4n) is 2.25. The van der Waals surface area contributed by atoms with Crippen LogP contribution in [0, 0.1) is 5.92 Å². The maximum Gasteiger partial charge on any atom is 0.236 e. The van der Waals surface area contributed by atoms with Crippen molar-refractivity contribution < 1.29 is 13.2 Å². The minimum atomic E-state index is -3.10. The molecule has 22 heavy (non-hydrogen) atoms. The number of amides is 1. The van der Waals surface area contributed by atoms with Crippen molar-refractivity contribution in [1.29, 1.82) is 0 Å². The molecule has 0 bridgehead atoms. The van der Waals surface area contributed by atoms with Gasteiger partial charge in [-0.15, -0.1) is 0 Å². The summed E-state index contributed by atoms with van der Waals surface area (Å²) < 4.78 is 22.2. The first-order valence-electron chi connectivity index (χ1n) is 7.46. The number of rotatable bonds is 8. The number of nitrogens with two attached hydrogens (primary N) is 1. The first-order chi connectivity index (χ1) is 10.2. The zero-order chi connectivity index (χ0) is 16.8. The molecular weight excluding hydrogens is 300 g/mol. The highest BCUT2D eigenvalue weighted by Gasteiger charge is 2.20. The Morgan fingerprint density at radius 3 is 2.32 bits per heavy atom. The molecule has 5 nitrogen and oxygen atoms in total. The molecule has 0 saturated carbocycles. The summed E-state index contributed by atoms with van der Waals surface area (Å²) in [5.41, 5.74) is 6.92. The summed E-state index contributed by atoms with van der Waals surface area (Å²) in [7, 11) is -3.10. The summed E-state index contributed by atoms with van der Waals surface area (Å²) in [4.78, 5) is 12.0. The van der Waals surface area contributed by atoms with Crippen LogP contribution in [0.3, 0.4) is 0 Å². The Kier molecular flexibility index (Phi) is 7.03. The molecule has 124 valence electrons. The summed E-state index contributed by atoms with van der Waals surface area (Å²) in [6, 6.07) is 9.20. The fourth-order valence-corrected chi connectivity index (χ4v) is 2.93. The van der Waals surface area contributed by atoms with E-state index >= 15 is 0 Å². The Morgan fingerprint density at radius 1 is 1.23 bits per heavy atom. The highest BCUT2D eigenvalue weighted by molar-refractivity contribution is 7.90. The molecule has 0 aliphatic heterocycles. The molecule has 6 heteroatoms. The van der Waals surface area contributed by atoms with Crippen LogP contribution in [0.15, 0.2) is 30.3 Å². The summed E-state index contributed by atoms with van der Waals surface area (Å²) >= 11 is 0. The molecule has 2 atom stereocenters. The van der Waals surface area contributed by atoms with Gasteiger partial charge in [-0.3, -0.25) is 4.79 Å².